The fourth-order valence-electron chi connectivity index (χ4n) is 2.94. The molecule has 7 nitrogen and oxygen atoms in total. The van der Waals surface area contributed by atoms with Gasteiger partial charge in [0.15, 0.2) is 11.6 Å². The van der Waals surface area contributed by atoms with Gasteiger partial charge in [0.05, 0.1) is 18.0 Å². The molecule has 0 amide bonds. The summed E-state index contributed by atoms with van der Waals surface area (Å²) in [5.74, 6) is 0.469. The molecule has 3 rings (SSSR count). The highest BCUT2D eigenvalue weighted by Crippen LogP contribution is 2.21. The fourth-order valence-corrected chi connectivity index (χ4v) is 3.93. The van der Waals surface area contributed by atoms with Gasteiger partial charge >= 0.3 is 0 Å². The lowest BCUT2D eigenvalue weighted by Gasteiger charge is -2.27. The van der Waals surface area contributed by atoms with Gasteiger partial charge in [-0.25, -0.2) is 27.5 Å². The van der Waals surface area contributed by atoms with E-state index in [1.54, 1.807) is 13.1 Å². The van der Waals surface area contributed by atoms with E-state index in [2.05, 4.69) is 19.6 Å². The smallest absolute Gasteiger partial charge is 0.241 e. The van der Waals surface area contributed by atoms with Gasteiger partial charge < -0.3 is 9.64 Å². The van der Waals surface area contributed by atoms with E-state index in [0.717, 1.165) is 37.8 Å². The van der Waals surface area contributed by atoms with E-state index in [0.29, 0.717) is 12.4 Å². The molecule has 0 aliphatic carbocycles. The number of halogens is 1. The molecule has 1 saturated heterocycles. The van der Waals surface area contributed by atoms with E-state index in [4.69, 9.17) is 4.74 Å². The summed E-state index contributed by atoms with van der Waals surface area (Å²) in [5.41, 5.74) is 0. The standard InChI is InChI=1S/C18H23FN4O3S/c1-2-26-16-7-6-14(12-15(16)19)27(24,25)21-13-17-20-9-8-18(22-17)23-10-4-3-5-11-23/h6-9,12,21H,2-5,10-11,13H2,1H3. The molecule has 2 heterocycles. The van der Waals surface area contributed by atoms with E-state index in [9.17, 15) is 12.8 Å². The molecule has 1 aliphatic heterocycles. The first-order valence-electron chi connectivity index (χ1n) is 8.98. The number of nitrogens with zero attached hydrogens (tertiary/aromatic N) is 3. The lowest BCUT2D eigenvalue weighted by molar-refractivity contribution is 0.321. The van der Waals surface area contributed by atoms with Crippen LogP contribution in [0.3, 0.4) is 0 Å². The molecular weight excluding hydrogens is 371 g/mol. The summed E-state index contributed by atoms with van der Waals surface area (Å²) in [5, 5.41) is 0. The Balaban J connectivity index is 1.69. The minimum absolute atomic E-state index is 0.0222. The zero-order valence-corrected chi connectivity index (χ0v) is 16.0. The molecule has 0 saturated carbocycles. The molecule has 2 aromatic rings. The highest BCUT2D eigenvalue weighted by atomic mass is 32.2. The molecule has 0 atom stereocenters. The van der Waals surface area contributed by atoms with Crippen molar-refractivity contribution in [2.75, 3.05) is 24.6 Å². The average Bonchev–Trinajstić information content (AvgIpc) is 2.69. The van der Waals surface area contributed by atoms with Crippen LogP contribution >= 0.6 is 0 Å². The predicted octanol–water partition coefficient (Wildman–Crippen LogP) is 2.48. The lowest BCUT2D eigenvalue weighted by atomic mass is 10.1. The molecule has 146 valence electrons. The largest absolute Gasteiger partial charge is 0.491 e. The van der Waals surface area contributed by atoms with E-state index in [1.165, 1.54) is 18.6 Å². The van der Waals surface area contributed by atoms with Crippen molar-refractivity contribution in [3.63, 3.8) is 0 Å². The SMILES string of the molecule is CCOc1ccc(S(=O)(=O)NCc2nccc(N3CCCCC3)n2)cc1F. The summed E-state index contributed by atoms with van der Waals surface area (Å²) in [7, 11) is -3.89. The van der Waals surface area contributed by atoms with Gasteiger partial charge in [-0.15, -0.1) is 0 Å². The van der Waals surface area contributed by atoms with E-state index < -0.39 is 15.8 Å². The van der Waals surface area contributed by atoms with Gasteiger partial charge in [-0.3, -0.25) is 0 Å². The van der Waals surface area contributed by atoms with E-state index in [-0.39, 0.29) is 17.2 Å². The van der Waals surface area contributed by atoms with Crippen molar-refractivity contribution >= 4 is 15.8 Å². The first kappa shape index (κ1) is 19.5. The van der Waals surface area contributed by atoms with Gasteiger partial charge in [0.2, 0.25) is 10.0 Å². The first-order chi connectivity index (χ1) is 13.0. The van der Waals surface area contributed by atoms with Crippen LogP contribution in [0.2, 0.25) is 0 Å². The third-order valence-corrected chi connectivity index (χ3v) is 5.70. The van der Waals surface area contributed by atoms with E-state index >= 15 is 0 Å². The van der Waals surface area contributed by atoms with Crippen LogP contribution in [0.15, 0.2) is 35.4 Å². The highest BCUT2D eigenvalue weighted by Gasteiger charge is 2.18. The summed E-state index contributed by atoms with van der Waals surface area (Å²) in [6, 6.07) is 5.38. The minimum Gasteiger partial charge on any atom is -0.491 e. The summed E-state index contributed by atoms with van der Waals surface area (Å²) in [6.45, 7) is 3.83. The minimum atomic E-state index is -3.89. The molecule has 1 N–H and O–H groups in total. The fraction of sp³-hybridized carbons (Fsp3) is 0.444. The molecule has 1 aromatic heterocycles. The van der Waals surface area contributed by atoms with Crippen LogP contribution in [0.4, 0.5) is 10.2 Å². The molecule has 1 fully saturated rings. The summed E-state index contributed by atoms with van der Waals surface area (Å²) < 4.78 is 46.3. The number of ether oxygens (including phenoxy) is 1. The monoisotopic (exact) mass is 394 g/mol. The van der Waals surface area contributed by atoms with Crippen LogP contribution in [0, 0.1) is 5.82 Å². The zero-order valence-electron chi connectivity index (χ0n) is 15.2. The van der Waals surface area contributed by atoms with Crippen molar-refractivity contribution in [3.8, 4) is 5.75 Å². The Bertz CT molecular complexity index is 886. The molecule has 0 bridgehead atoms. The number of piperidine rings is 1. The predicted molar refractivity (Wildman–Crippen MR) is 99.7 cm³/mol. The number of benzene rings is 1. The van der Waals surface area contributed by atoms with Crippen molar-refractivity contribution in [2.45, 2.75) is 37.6 Å². The highest BCUT2D eigenvalue weighted by molar-refractivity contribution is 7.89. The van der Waals surface area contributed by atoms with Crippen molar-refractivity contribution in [1.29, 1.82) is 0 Å². The number of hydrogen-bond donors (Lipinski definition) is 1. The van der Waals surface area contributed by atoms with Crippen LogP contribution in [-0.4, -0.2) is 38.1 Å². The number of anilines is 1. The molecule has 1 aromatic carbocycles. The van der Waals surface area contributed by atoms with Crippen LogP contribution in [0.25, 0.3) is 0 Å². The Morgan fingerprint density at radius 3 is 2.70 bits per heavy atom. The van der Waals surface area contributed by atoms with Crippen LogP contribution < -0.4 is 14.4 Å². The van der Waals surface area contributed by atoms with Gasteiger partial charge in [-0.05, 0) is 50.5 Å². The average molecular weight is 394 g/mol. The van der Waals surface area contributed by atoms with Gasteiger partial charge in [0.1, 0.15) is 11.6 Å². The molecule has 9 heteroatoms. The van der Waals surface area contributed by atoms with Crippen molar-refractivity contribution in [3.05, 3.63) is 42.1 Å². The lowest BCUT2D eigenvalue weighted by Crippen LogP contribution is -2.31. The molecule has 0 unspecified atom stereocenters. The second-order valence-corrected chi connectivity index (χ2v) is 8.00. The maximum absolute atomic E-state index is 13.9. The molecule has 0 radical (unpaired) electrons. The Morgan fingerprint density at radius 2 is 2.00 bits per heavy atom. The summed E-state index contributed by atoms with van der Waals surface area (Å²) in [6.07, 6.45) is 5.08. The topological polar surface area (TPSA) is 84.4 Å². The number of nitrogens with one attached hydrogen (secondary N) is 1. The number of rotatable bonds is 7. The Labute approximate surface area is 158 Å². The van der Waals surface area contributed by atoms with E-state index in [1.807, 2.05) is 6.07 Å². The zero-order chi connectivity index (χ0) is 19.3. The summed E-state index contributed by atoms with van der Waals surface area (Å²) >= 11 is 0. The number of hydrogen-bond acceptors (Lipinski definition) is 6. The normalized spacial score (nSPS) is 15.0. The second-order valence-electron chi connectivity index (χ2n) is 6.23. The molecule has 0 spiro atoms. The van der Waals surface area contributed by atoms with Crippen molar-refractivity contribution in [2.24, 2.45) is 0 Å². The Hall–Kier alpha value is -2.26. The third-order valence-electron chi connectivity index (χ3n) is 4.30. The van der Waals surface area contributed by atoms with Crippen LogP contribution in [0.1, 0.15) is 32.0 Å². The number of aromatic nitrogens is 2. The molecular formula is C18H23FN4O3S. The molecule has 27 heavy (non-hydrogen) atoms. The number of sulfonamides is 1. The Morgan fingerprint density at radius 1 is 1.22 bits per heavy atom. The first-order valence-corrected chi connectivity index (χ1v) is 10.5. The quantitative estimate of drug-likeness (QED) is 0.777. The van der Waals surface area contributed by atoms with Gasteiger partial charge in [-0.1, -0.05) is 0 Å². The summed E-state index contributed by atoms with van der Waals surface area (Å²) in [4.78, 5) is 10.6. The van der Waals surface area contributed by atoms with Gasteiger partial charge in [-0.2, -0.15) is 0 Å². The van der Waals surface area contributed by atoms with Crippen LogP contribution in [-0.2, 0) is 16.6 Å². The van der Waals surface area contributed by atoms with Gasteiger partial charge in [0.25, 0.3) is 0 Å². The second kappa shape index (κ2) is 8.62. The molecule has 1 aliphatic rings. The third kappa shape index (κ3) is 4.92. The maximum atomic E-state index is 13.9. The van der Waals surface area contributed by atoms with Crippen molar-refractivity contribution in [1.82, 2.24) is 14.7 Å². The van der Waals surface area contributed by atoms with Crippen molar-refractivity contribution < 1.29 is 17.5 Å². The van der Waals surface area contributed by atoms with Gasteiger partial charge in [0, 0.05) is 19.3 Å². The Kier molecular flexibility index (Phi) is 6.22. The van der Waals surface area contributed by atoms with Crippen LogP contribution in [0.5, 0.6) is 5.75 Å². The maximum Gasteiger partial charge on any atom is 0.241 e.